The molecule has 0 aromatic heterocycles. The van der Waals surface area contributed by atoms with Crippen LogP contribution in [0.5, 0.6) is 5.75 Å². The van der Waals surface area contributed by atoms with Gasteiger partial charge in [-0.1, -0.05) is 62.1 Å². The van der Waals surface area contributed by atoms with Gasteiger partial charge in [0.1, 0.15) is 23.4 Å². The van der Waals surface area contributed by atoms with Gasteiger partial charge in [-0.3, -0.25) is 14.4 Å². The highest BCUT2D eigenvalue weighted by Gasteiger charge is 2.16. The molecule has 0 saturated carbocycles. The Hall–Kier alpha value is -2.77. The van der Waals surface area contributed by atoms with Gasteiger partial charge in [0.15, 0.2) is 0 Å². The second kappa shape index (κ2) is 27.8. The fraction of sp³-hybridized carbons (Fsp3) is 0.649. The molecule has 44 heavy (non-hydrogen) atoms. The Labute approximate surface area is 266 Å². The number of allylic oxidation sites excluding steroid dienone is 4. The molecule has 248 valence electrons. The predicted molar refractivity (Wildman–Crippen MR) is 179 cm³/mol. The van der Waals surface area contributed by atoms with Gasteiger partial charge >= 0.3 is 0 Å². The van der Waals surface area contributed by atoms with Crippen molar-refractivity contribution in [2.75, 3.05) is 20.3 Å². The lowest BCUT2D eigenvalue weighted by Crippen LogP contribution is -2.36. The molecule has 0 heterocycles. The number of unbranched alkanes of at least 4 members (excludes halogenated alkanes) is 9. The van der Waals surface area contributed by atoms with Crippen LogP contribution in [0.25, 0.3) is 0 Å². The van der Waals surface area contributed by atoms with Crippen LogP contribution in [0, 0.1) is 0 Å². The van der Waals surface area contributed by atoms with E-state index in [0.717, 1.165) is 95.5 Å². The normalized spacial score (nSPS) is 12.2. The zero-order chi connectivity index (χ0) is 32.1. The Morgan fingerprint density at radius 2 is 1.23 bits per heavy atom. The van der Waals surface area contributed by atoms with Crippen LogP contribution < -0.4 is 5.32 Å². The quantitative estimate of drug-likeness (QED) is 0.0630. The molecule has 7 heteroatoms. The topological polar surface area (TPSA) is 113 Å². The van der Waals surface area contributed by atoms with E-state index in [9.17, 15) is 19.5 Å². The van der Waals surface area contributed by atoms with Crippen molar-refractivity contribution in [3.63, 3.8) is 0 Å². The van der Waals surface area contributed by atoms with Crippen molar-refractivity contribution in [2.45, 2.75) is 135 Å². The molecule has 0 bridgehead atoms. The third kappa shape index (κ3) is 22.7. The number of amides is 1. The van der Waals surface area contributed by atoms with Crippen LogP contribution >= 0.6 is 0 Å². The first-order chi connectivity index (χ1) is 21.5. The first-order valence-electron chi connectivity index (χ1n) is 17.0. The molecule has 0 aliphatic heterocycles. The number of phenolic OH excluding ortho intramolecular Hbond substituents is 1. The van der Waals surface area contributed by atoms with Gasteiger partial charge in [0.2, 0.25) is 5.91 Å². The van der Waals surface area contributed by atoms with Gasteiger partial charge in [-0.15, -0.1) is 0 Å². The Morgan fingerprint density at radius 1 is 0.705 bits per heavy atom. The average molecular weight is 614 g/mol. The summed E-state index contributed by atoms with van der Waals surface area (Å²) in [6, 6.07) is 6.97. The monoisotopic (exact) mass is 613 g/mol. The van der Waals surface area contributed by atoms with Crippen molar-refractivity contribution in [1.29, 1.82) is 0 Å². The van der Waals surface area contributed by atoms with Gasteiger partial charge in [-0.25, -0.2) is 0 Å². The highest BCUT2D eigenvalue weighted by Crippen LogP contribution is 2.12. The molecule has 0 unspecified atom stereocenters. The smallest absolute Gasteiger partial charge is 0.249 e. The zero-order valence-corrected chi connectivity index (χ0v) is 27.3. The largest absolute Gasteiger partial charge is 0.508 e. The number of aliphatic hydroxyl groups excluding tert-OH is 1. The summed E-state index contributed by atoms with van der Waals surface area (Å²) in [5.74, 6) is 0.800. The van der Waals surface area contributed by atoms with E-state index in [-0.39, 0.29) is 18.3 Å². The van der Waals surface area contributed by atoms with Gasteiger partial charge in [0.05, 0.1) is 0 Å². The van der Waals surface area contributed by atoms with Gasteiger partial charge in [0.25, 0.3) is 0 Å². The summed E-state index contributed by atoms with van der Waals surface area (Å²) in [6.07, 6.45) is 25.5. The van der Waals surface area contributed by atoms with E-state index in [1.54, 1.807) is 19.2 Å². The van der Waals surface area contributed by atoms with E-state index < -0.39 is 6.10 Å². The van der Waals surface area contributed by atoms with E-state index in [4.69, 9.17) is 9.84 Å². The number of aromatic hydroxyl groups is 1. The number of aliphatic hydroxyl groups is 1. The summed E-state index contributed by atoms with van der Waals surface area (Å²) < 4.78 is 5.36. The molecule has 3 N–H and O–H groups in total. The number of Topliss-reactive ketones (excluding diaryl/α,β-unsaturated/α-hetero) is 2. The standard InChI is InChI=1S/C37H59NO6/c1-44-36(37(43)38-30-29-32-25-27-35(42)28-26-32)24-18-10-6-5-9-15-21-34(41)23-17-12-11-16-22-33(40)20-14-8-4-2-3-7-13-19-31-39/h4,6,8,10,25-28,36,39,42H,2-3,5,7,9,11-24,29-31H2,1H3,(H,38,43)/b8-4-,10-6-/t36-/m0/s1. The van der Waals surface area contributed by atoms with Crippen molar-refractivity contribution in [2.24, 2.45) is 0 Å². The number of benzene rings is 1. The first-order valence-corrected chi connectivity index (χ1v) is 17.0. The summed E-state index contributed by atoms with van der Waals surface area (Å²) in [4.78, 5) is 36.6. The Morgan fingerprint density at radius 3 is 1.86 bits per heavy atom. The number of rotatable bonds is 29. The molecule has 1 rings (SSSR count). The van der Waals surface area contributed by atoms with E-state index in [1.807, 2.05) is 12.1 Å². The molecule has 0 fully saturated rings. The molecule has 0 aliphatic rings. The van der Waals surface area contributed by atoms with E-state index in [2.05, 4.69) is 29.6 Å². The lowest BCUT2D eigenvalue weighted by molar-refractivity contribution is -0.131. The molecule has 0 aliphatic carbocycles. The summed E-state index contributed by atoms with van der Waals surface area (Å²) in [5, 5.41) is 21.0. The highest BCUT2D eigenvalue weighted by atomic mass is 16.5. The average Bonchev–Trinajstić information content (AvgIpc) is 3.02. The molecule has 1 amide bonds. The summed E-state index contributed by atoms with van der Waals surface area (Å²) in [7, 11) is 1.55. The number of phenols is 1. The molecule has 0 radical (unpaired) electrons. The fourth-order valence-electron chi connectivity index (χ4n) is 4.99. The lowest BCUT2D eigenvalue weighted by atomic mass is 10.0. The van der Waals surface area contributed by atoms with Crippen LogP contribution in [-0.4, -0.2) is 54.1 Å². The number of nitrogens with one attached hydrogen (secondary N) is 1. The molecular weight excluding hydrogens is 554 g/mol. The SMILES string of the molecule is CO[C@@H](CC/C=C\CCCCC(=O)CCCCCCC(=O)CC/C=C\CCCCCCO)C(=O)NCCc1ccc(O)cc1. The second-order valence-electron chi connectivity index (χ2n) is 11.7. The minimum atomic E-state index is -0.478. The maximum atomic E-state index is 12.4. The van der Waals surface area contributed by atoms with Crippen molar-refractivity contribution in [3.05, 3.63) is 54.1 Å². The molecule has 0 saturated heterocycles. The third-order valence-corrected chi connectivity index (χ3v) is 7.76. The third-order valence-electron chi connectivity index (χ3n) is 7.76. The minimum absolute atomic E-state index is 0.108. The van der Waals surface area contributed by atoms with Crippen LogP contribution in [0.3, 0.4) is 0 Å². The van der Waals surface area contributed by atoms with Crippen LogP contribution in [0.4, 0.5) is 0 Å². The second-order valence-corrected chi connectivity index (χ2v) is 11.7. The maximum absolute atomic E-state index is 12.4. The number of hydrogen-bond acceptors (Lipinski definition) is 6. The van der Waals surface area contributed by atoms with Crippen LogP contribution in [0.15, 0.2) is 48.6 Å². The molecule has 7 nitrogen and oxygen atoms in total. The van der Waals surface area contributed by atoms with Gasteiger partial charge in [-0.2, -0.15) is 0 Å². The number of carbonyl (C=O) groups is 3. The molecule has 1 aromatic carbocycles. The Kier molecular flexibility index (Phi) is 24.8. The van der Waals surface area contributed by atoms with Crippen LogP contribution in [-0.2, 0) is 25.5 Å². The summed E-state index contributed by atoms with van der Waals surface area (Å²) in [6.45, 7) is 0.804. The van der Waals surface area contributed by atoms with E-state index in [0.29, 0.717) is 56.6 Å². The predicted octanol–water partition coefficient (Wildman–Crippen LogP) is 7.72. The van der Waals surface area contributed by atoms with Crippen molar-refractivity contribution in [3.8, 4) is 5.75 Å². The number of carbonyl (C=O) groups excluding carboxylic acids is 3. The summed E-state index contributed by atoms with van der Waals surface area (Å²) >= 11 is 0. The molecular formula is C37H59NO6. The van der Waals surface area contributed by atoms with E-state index >= 15 is 0 Å². The number of hydrogen-bond donors (Lipinski definition) is 3. The summed E-state index contributed by atoms with van der Waals surface area (Å²) in [5.41, 5.74) is 1.05. The number of ketones is 2. The lowest BCUT2D eigenvalue weighted by Gasteiger charge is -2.14. The van der Waals surface area contributed by atoms with Crippen molar-refractivity contribution >= 4 is 17.5 Å². The van der Waals surface area contributed by atoms with E-state index in [1.165, 1.54) is 0 Å². The maximum Gasteiger partial charge on any atom is 0.249 e. The van der Waals surface area contributed by atoms with Crippen LogP contribution in [0.2, 0.25) is 0 Å². The van der Waals surface area contributed by atoms with Crippen molar-refractivity contribution < 1.29 is 29.3 Å². The number of methoxy groups -OCH3 is 1. The Bertz CT molecular complexity index is 940. The van der Waals surface area contributed by atoms with Gasteiger partial charge in [0, 0.05) is 45.9 Å². The van der Waals surface area contributed by atoms with Crippen molar-refractivity contribution in [1.82, 2.24) is 5.32 Å². The van der Waals surface area contributed by atoms with Crippen LogP contribution in [0.1, 0.15) is 128 Å². The first kappa shape index (κ1) is 39.3. The fourth-order valence-corrected chi connectivity index (χ4v) is 4.99. The van der Waals surface area contributed by atoms with Gasteiger partial charge in [-0.05, 0) is 94.7 Å². The Balaban J connectivity index is 1.95. The van der Waals surface area contributed by atoms with Gasteiger partial charge < -0.3 is 20.3 Å². The molecule has 0 spiro atoms. The molecule has 1 atom stereocenters. The zero-order valence-electron chi connectivity index (χ0n) is 27.3. The number of ether oxygens (including phenoxy) is 1. The highest BCUT2D eigenvalue weighted by molar-refractivity contribution is 5.80. The minimum Gasteiger partial charge on any atom is -0.508 e. The molecule has 1 aromatic rings.